The summed E-state index contributed by atoms with van der Waals surface area (Å²) in [6.07, 6.45) is 1.73. The standard InChI is InChI=1S/C5H8N2O3/c8-7(9)4-5-6-2-1-3-10-5/h4,6H,1-3H2/b5-4-. The molecule has 0 bridgehead atoms. The van der Waals surface area contributed by atoms with Crippen LogP contribution in [0.2, 0.25) is 0 Å². The lowest BCUT2D eigenvalue weighted by Crippen LogP contribution is -2.25. The number of ether oxygens (including phenoxy) is 1. The molecule has 0 unspecified atom stereocenters. The van der Waals surface area contributed by atoms with Gasteiger partial charge >= 0.3 is 0 Å². The highest BCUT2D eigenvalue weighted by molar-refractivity contribution is 4.85. The van der Waals surface area contributed by atoms with Crippen LogP contribution in [0.5, 0.6) is 0 Å². The lowest BCUT2D eigenvalue weighted by molar-refractivity contribution is -0.405. The number of nitrogens with zero attached hydrogens (tertiary/aromatic N) is 1. The van der Waals surface area contributed by atoms with Crippen LogP contribution in [0.25, 0.3) is 0 Å². The molecule has 1 aliphatic heterocycles. The summed E-state index contributed by atoms with van der Waals surface area (Å²) in [5.41, 5.74) is 0. The van der Waals surface area contributed by atoms with E-state index in [4.69, 9.17) is 4.74 Å². The van der Waals surface area contributed by atoms with Crippen LogP contribution in [0.1, 0.15) is 6.42 Å². The number of rotatable bonds is 1. The van der Waals surface area contributed by atoms with Crippen LogP contribution in [0.3, 0.4) is 0 Å². The Hall–Kier alpha value is -1.26. The Kier molecular flexibility index (Phi) is 2.09. The Labute approximate surface area is 57.8 Å². The van der Waals surface area contributed by atoms with Crippen molar-refractivity contribution >= 4 is 0 Å². The van der Waals surface area contributed by atoms with Crippen molar-refractivity contribution in [3.63, 3.8) is 0 Å². The second-order valence-corrected chi connectivity index (χ2v) is 1.91. The van der Waals surface area contributed by atoms with Gasteiger partial charge in [0.05, 0.1) is 11.5 Å². The second-order valence-electron chi connectivity index (χ2n) is 1.91. The van der Waals surface area contributed by atoms with Gasteiger partial charge in [0.2, 0.25) is 0 Å². The summed E-state index contributed by atoms with van der Waals surface area (Å²) in [5, 5.41) is 12.6. The molecule has 1 N–H and O–H groups in total. The predicted molar refractivity (Wildman–Crippen MR) is 33.6 cm³/mol. The van der Waals surface area contributed by atoms with Gasteiger partial charge in [-0.3, -0.25) is 10.1 Å². The molecule has 0 aliphatic carbocycles. The van der Waals surface area contributed by atoms with Gasteiger partial charge in [-0.1, -0.05) is 0 Å². The van der Waals surface area contributed by atoms with Crippen molar-refractivity contribution in [2.75, 3.05) is 13.2 Å². The second kappa shape index (κ2) is 3.05. The summed E-state index contributed by atoms with van der Waals surface area (Å²) in [6.45, 7) is 1.31. The highest BCUT2D eigenvalue weighted by atomic mass is 16.6. The first-order valence-corrected chi connectivity index (χ1v) is 3.01. The van der Waals surface area contributed by atoms with E-state index in [0.717, 1.165) is 19.2 Å². The van der Waals surface area contributed by atoms with Crippen molar-refractivity contribution in [3.05, 3.63) is 22.2 Å². The van der Waals surface area contributed by atoms with Crippen molar-refractivity contribution in [1.82, 2.24) is 5.32 Å². The van der Waals surface area contributed by atoms with Gasteiger partial charge in [-0.25, -0.2) is 0 Å². The quantitative estimate of drug-likeness (QED) is 0.418. The van der Waals surface area contributed by atoms with Gasteiger partial charge in [-0.05, 0) is 6.42 Å². The smallest absolute Gasteiger partial charge is 0.293 e. The fourth-order valence-corrected chi connectivity index (χ4v) is 0.696. The topological polar surface area (TPSA) is 64.4 Å². The normalized spacial score (nSPS) is 21.4. The molecule has 0 radical (unpaired) electrons. The van der Waals surface area contributed by atoms with Crippen LogP contribution < -0.4 is 5.32 Å². The van der Waals surface area contributed by atoms with Gasteiger partial charge in [-0.15, -0.1) is 0 Å². The molecular formula is C5H8N2O3. The van der Waals surface area contributed by atoms with E-state index in [9.17, 15) is 10.1 Å². The van der Waals surface area contributed by atoms with E-state index >= 15 is 0 Å². The van der Waals surface area contributed by atoms with Crippen LogP contribution in [-0.2, 0) is 4.74 Å². The average molecular weight is 144 g/mol. The third kappa shape index (κ3) is 1.93. The summed E-state index contributed by atoms with van der Waals surface area (Å²) in [6, 6.07) is 0. The first-order valence-electron chi connectivity index (χ1n) is 3.01. The fraction of sp³-hybridized carbons (Fsp3) is 0.600. The molecule has 0 aromatic heterocycles. The molecule has 0 atom stereocenters. The van der Waals surface area contributed by atoms with E-state index in [1.807, 2.05) is 0 Å². The van der Waals surface area contributed by atoms with E-state index in [2.05, 4.69) is 5.32 Å². The van der Waals surface area contributed by atoms with Gasteiger partial charge in [0.25, 0.3) is 12.1 Å². The van der Waals surface area contributed by atoms with Gasteiger partial charge in [0.1, 0.15) is 0 Å². The molecule has 5 nitrogen and oxygen atoms in total. The third-order valence-electron chi connectivity index (χ3n) is 1.10. The average Bonchev–Trinajstić information content (AvgIpc) is 1.88. The lowest BCUT2D eigenvalue weighted by atomic mass is 10.4. The first kappa shape index (κ1) is 6.85. The van der Waals surface area contributed by atoms with Crippen LogP contribution >= 0.6 is 0 Å². The molecule has 0 amide bonds. The Morgan fingerprint density at radius 3 is 3.10 bits per heavy atom. The maximum absolute atomic E-state index is 9.88. The molecule has 0 aromatic carbocycles. The number of hydrogen-bond acceptors (Lipinski definition) is 4. The van der Waals surface area contributed by atoms with Crippen LogP contribution in [-0.4, -0.2) is 18.1 Å². The van der Waals surface area contributed by atoms with E-state index in [1.165, 1.54) is 0 Å². The molecule has 1 heterocycles. The molecule has 1 rings (SSSR count). The molecule has 5 heteroatoms. The lowest BCUT2D eigenvalue weighted by Gasteiger charge is -2.15. The minimum Gasteiger partial charge on any atom is -0.475 e. The molecule has 10 heavy (non-hydrogen) atoms. The van der Waals surface area contributed by atoms with Crippen LogP contribution in [0.4, 0.5) is 0 Å². The van der Waals surface area contributed by atoms with Crippen LogP contribution in [0, 0.1) is 10.1 Å². The summed E-state index contributed by atoms with van der Waals surface area (Å²) in [4.78, 5) is 9.34. The van der Waals surface area contributed by atoms with Crippen molar-refractivity contribution in [3.8, 4) is 0 Å². The zero-order valence-corrected chi connectivity index (χ0v) is 5.37. The van der Waals surface area contributed by atoms with Gasteiger partial charge in [0.15, 0.2) is 0 Å². The van der Waals surface area contributed by atoms with E-state index < -0.39 is 4.92 Å². The van der Waals surface area contributed by atoms with Gasteiger partial charge in [0, 0.05) is 6.54 Å². The molecule has 1 aliphatic rings. The van der Waals surface area contributed by atoms with Crippen molar-refractivity contribution in [1.29, 1.82) is 0 Å². The molecule has 1 saturated heterocycles. The number of nitro groups is 1. The third-order valence-corrected chi connectivity index (χ3v) is 1.10. The fourth-order valence-electron chi connectivity index (χ4n) is 0.696. The zero-order valence-electron chi connectivity index (χ0n) is 5.37. The maximum Gasteiger partial charge on any atom is 0.293 e. The minimum absolute atomic E-state index is 0.260. The Morgan fingerprint density at radius 2 is 2.60 bits per heavy atom. The SMILES string of the molecule is O=[N+]([O-])/C=C1/NCCCO1. The van der Waals surface area contributed by atoms with E-state index in [-0.39, 0.29) is 5.88 Å². The Morgan fingerprint density at radius 1 is 1.80 bits per heavy atom. The number of nitrogens with one attached hydrogen (secondary N) is 1. The minimum atomic E-state index is -0.534. The molecule has 1 fully saturated rings. The van der Waals surface area contributed by atoms with Crippen molar-refractivity contribution in [2.45, 2.75) is 6.42 Å². The molecule has 56 valence electrons. The summed E-state index contributed by atoms with van der Waals surface area (Å²) >= 11 is 0. The molecule has 0 aromatic rings. The highest BCUT2D eigenvalue weighted by Gasteiger charge is 2.07. The number of hydrogen-bond donors (Lipinski definition) is 1. The molecular weight excluding hydrogens is 136 g/mol. The van der Waals surface area contributed by atoms with E-state index in [0.29, 0.717) is 6.61 Å². The monoisotopic (exact) mass is 144 g/mol. The van der Waals surface area contributed by atoms with Gasteiger partial charge in [-0.2, -0.15) is 0 Å². The largest absolute Gasteiger partial charge is 0.475 e. The molecule has 0 saturated carbocycles. The Bertz CT molecular complexity index is 158. The summed E-state index contributed by atoms with van der Waals surface area (Å²) in [7, 11) is 0. The van der Waals surface area contributed by atoms with Crippen molar-refractivity contribution in [2.24, 2.45) is 0 Å². The summed E-state index contributed by atoms with van der Waals surface area (Å²) < 4.78 is 4.90. The molecule has 0 spiro atoms. The first-order chi connectivity index (χ1) is 4.79. The van der Waals surface area contributed by atoms with Crippen LogP contribution in [0.15, 0.2) is 12.1 Å². The zero-order chi connectivity index (χ0) is 7.40. The maximum atomic E-state index is 9.88. The highest BCUT2D eigenvalue weighted by Crippen LogP contribution is 1.99. The predicted octanol–water partition coefficient (Wildman–Crippen LogP) is 0.0719. The summed E-state index contributed by atoms with van der Waals surface area (Å²) in [5.74, 6) is 0.260. The van der Waals surface area contributed by atoms with E-state index in [1.54, 1.807) is 0 Å². The van der Waals surface area contributed by atoms with Crippen molar-refractivity contribution < 1.29 is 9.66 Å². The van der Waals surface area contributed by atoms with Gasteiger partial charge < -0.3 is 10.1 Å². The Balaban J connectivity index is 2.45.